The van der Waals surface area contributed by atoms with Crippen molar-refractivity contribution in [2.75, 3.05) is 5.32 Å². The van der Waals surface area contributed by atoms with E-state index in [-0.39, 0.29) is 5.91 Å². The summed E-state index contributed by atoms with van der Waals surface area (Å²) in [6, 6.07) is 10.2. The maximum Gasteiger partial charge on any atom is 0.258 e. The first-order valence-corrected chi connectivity index (χ1v) is 6.02. The van der Waals surface area contributed by atoms with Gasteiger partial charge in [-0.3, -0.25) is 4.79 Å². The molecule has 3 nitrogen and oxygen atoms in total. The standard InChI is InChI=1S/C13H10Cl2N2O/c1-8-5-6-9(10(14)7-8)13(18)17-12-4-2-3-11(15)16-12/h2-7H,1H3,(H,16,17,18). The Balaban J connectivity index is 2.22. The van der Waals surface area contributed by atoms with Gasteiger partial charge in [0.05, 0.1) is 10.6 Å². The summed E-state index contributed by atoms with van der Waals surface area (Å²) in [6.45, 7) is 1.91. The van der Waals surface area contributed by atoms with Crippen LogP contribution in [-0.2, 0) is 0 Å². The number of aromatic nitrogens is 1. The van der Waals surface area contributed by atoms with Gasteiger partial charge in [-0.2, -0.15) is 0 Å². The minimum Gasteiger partial charge on any atom is -0.306 e. The molecule has 0 spiro atoms. The number of carbonyl (C=O) groups excluding carboxylic acids is 1. The van der Waals surface area contributed by atoms with E-state index in [4.69, 9.17) is 23.2 Å². The van der Waals surface area contributed by atoms with Crippen LogP contribution in [0.5, 0.6) is 0 Å². The molecule has 0 fully saturated rings. The molecule has 0 saturated carbocycles. The van der Waals surface area contributed by atoms with E-state index in [2.05, 4.69) is 10.3 Å². The van der Waals surface area contributed by atoms with E-state index in [9.17, 15) is 4.79 Å². The predicted molar refractivity (Wildman–Crippen MR) is 73.4 cm³/mol. The second kappa shape index (κ2) is 5.38. The molecule has 0 atom stereocenters. The van der Waals surface area contributed by atoms with Gasteiger partial charge in [0.15, 0.2) is 0 Å². The summed E-state index contributed by atoms with van der Waals surface area (Å²) in [5.41, 5.74) is 1.40. The Labute approximate surface area is 115 Å². The molecule has 92 valence electrons. The molecule has 5 heteroatoms. The third kappa shape index (κ3) is 3.00. The minimum absolute atomic E-state index is 0.310. The number of hydrogen-bond acceptors (Lipinski definition) is 2. The van der Waals surface area contributed by atoms with Crippen molar-refractivity contribution in [3.8, 4) is 0 Å². The van der Waals surface area contributed by atoms with Gasteiger partial charge in [0, 0.05) is 0 Å². The lowest BCUT2D eigenvalue weighted by atomic mass is 10.1. The maximum atomic E-state index is 12.0. The smallest absolute Gasteiger partial charge is 0.258 e. The highest BCUT2D eigenvalue weighted by molar-refractivity contribution is 6.34. The van der Waals surface area contributed by atoms with Gasteiger partial charge in [0.2, 0.25) is 0 Å². The molecule has 0 saturated heterocycles. The Kier molecular flexibility index (Phi) is 3.84. The fraction of sp³-hybridized carbons (Fsp3) is 0.0769. The van der Waals surface area contributed by atoms with Gasteiger partial charge in [0.25, 0.3) is 5.91 Å². The summed E-state index contributed by atoms with van der Waals surface area (Å²) in [5.74, 6) is 0.0823. The van der Waals surface area contributed by atoms with Crippen molar-refractivity contribution < 1.29 is 4.79 Å². The van der Waals surface area contributed by atoms with Crippen LogP contribution in [0.4, 0.5) is 5.82 Å². The number of aryl methyl sites for hydroxylation is 1. The van der Waals surface area contributed by atoms with Crippen molar-refractivity contribution in [3.63, 3.8) is 0 Å². The summed E-state index contributed by atoms with van der Waals surface area (Å²) < 4.78 is 0. The lowest BCUT2D eigenvalue weighted by molar-refractivity contribution is 0.102. The highest BCUT2D eigenvalue weighted by Crippen LogP contribution is 2.19. The lowest BCUT2D eigenvalue weighted by Gasteiger charge is -2.06. The van der Waals surface area contributed by atoms with Crippen LogP contribution in [0.2, 0.25) is 10.2 Å². The molecule has 1 aromatic carbocycles. The molecular weight excluding hydrogens is 271 g/mol. The van der Waals surface area contributed by atoms with E-state index in [1.54, 1.807) is 30.3 Å². The Morgan fingerprint density at radius 3 is 2.67 bits per heavy atom. The van der Waals surface area contributed by atoms with Gasteiger partial charge in [-0.1, -0.05) is 35.3 Å². The lowest BCUT2D eigenvalue weighted by Crippen LogP contribution is -2.13. The molecule has 0 aliphatic carbocycles. The third-order valence-corrected chi connectivity index (χ3v) is 2.85. The average Bonchev–Trinajstić information content (AvgIpc) is 2.28. The monoisotopic (exact) mass is 280 g/mol. The van der Waals surface area contributed by atoms with E-state index in [0.717, 1.165) is 5.56 Å². The van der Waals surface area contributed by atoms with E-state index in [1.807, 2.05) is 13.0 Å². The van der Waals surface area contributed by atoms with Crippen LogP contribution >= 0.6 is 23.2 Å². The van der Waals surface area contributed by atoms with Crippen LogP contribution in [0, 0.1) is 6.92 Å². The van der Waals surface area contributed by atoms with Crippen molar-refractivity contribution >= 4 is 34.9 Å². The number of carbonyl (C=O) groups is 1. The van der Waals surface area contributed by atoms with E-state index in [1.165, 1.54) is 0 Å². The number of rotatable bonds is 2. The summed E-state index contributed by atoms with van der Waals surface area (Å²) in [7, 11) is 0. The Hall–Kier alpha value is -1.58. The zero-order chi connectivity index (χ0) is 13.1. The molecule has 1 N–H and O–H groups in total. The average molecular weight is 281 g/mol. The largest absolute Gasteiger partial charge is 0.306 e. The number of halogens is 2. The van der Waals surface area contributed by atoms with Gasteiger partial charge in [-0.05, 0) is 36.8 Å². The van der Waals surface area contributed by atoms with Gasteiger partial charge in [-0.25, -0.2) is 4.98 Å². The molecule has 1 heterocycles. The van der Waals surface area contributed by atoms with Crippen LogP contribution in [0.15, 0.2) is 36.4 Å². The number of nitrogens with one attached hydrogen (secondary N) is 1. The first-order chi connectivity index (χ1) is 8.56. The van der Waals surface area contributed by atoms with Crippen molar-refractivity contribution in [1.82, 2.24) is 4.98 Å². The van der Waals surface area contributed by atoms with E-state index in [0.29, 0.717) is 21.6 Å². The van der Waals surface area contributed by atoms with E-state index >= 15 is 0 Å². The predicted octanol–water partition coefficient (Wildman–Crippen LogP) is 3.95. The fourth-order valence-corrected chi connectivity index (χ4v) is 1.95. The van der Waals surface area contributed by atoms with Gasteiger partial charge in [-0.15, -0.1) is 0 Å². The molecule has 0 bridgehead atoms. The van der Waals surface area contributed by atoms with Gasteiger partial charge >= 0.3 is 0 Å². The molecule has 0 aliphatic rings. The molecule has 0 aliphatic heterocycles. The number of benzene rings is 1. The molecule has 0 unspecified atom stereocenters. The molecule has 1 aromatic heterocycles. The topological polar surface area (TPSA) is 42.0 Å². The van der Waals surface area contributed by atoms with Crippen molar-refractivity contribution in [2.45, 2.75) is 6.92 Å². The summed E-state index contributed by atoms with van der Waals surface area (Å²) >= 11 is 11.8. The van der Waals surface area contributed by atoms with Gasteiger partial charge in [0.1, 0.15) is 11.0 Å². The SMILES string of the molecule is Cc1ccc(C(=O)Nc2cccc(Cl)n2)c(Cl)c1. The number of nitrogens with zero attached hydrogens (tertiary/aromatic N) is 1. The fourth-order valence-electron chi connectivity index (χ4n) is 1.47. The molecular formula is C13H10Cl2N2O. The van der Waals surface area contributed by atoms with Crippen LogP contribution in [-0.4, -0.2) is 10.9 Å². The summed E-state index contributed by atoms with van der Waals surface area (Å²) in [5, 5.41) is 3.37. The van der Waals surface area contributed by atoms with Crippen LogP contribution in [0.3, 0.4) is 0 Å². The Morgan fingerprint density at radius 1 is 1.22 bits per heavy atom. The number of amides is 1. The first kappa shape index (κ1) is 12.9. The minimum atomic E-state index is -0.310. The molecule has 1 amide bonds. The van der Waals surface area contributed by atoms with Crippen LogP contribution in [0.25, 0.3) is 0 Å². The number of anilines is 1. The van der Waals surface area contributed by atoms with E-state index < -0.39 is 0 Å². The molecule has 2 rings (SSSR count). The zero-order valence-corrected chi connectivity index (χ0v) is 11.1. The second-order valence-corrected chi connectivity index (χ2v) is 4.58. The molecule has 2 aromatic rings. The van der Waals surface area contributed by atoms with Crippen LogP contribution in [0.1, 0.15) is 15.9 Å². The third-order valence-electron chi connectivity index (χ3n) is 2.33. The van der Waals surface area contributed by atoms with Crippen molar-refractivity contribution in [1.29, 1.82) is 0 Å². The zero-order valence-electron chi connectivity index (χ0n) is 9.58. The van der Waals surface area contributed by atoms with Crippen molar-refractivity contribution in [3.05, 3.63) is 57.7 Å². The Bertz CT molecular complexity index is 599. The summed E-state index contributed by atoms with van der Waals surface area (Å²) in [6.07, 6.45) is 0. The number of hydrogen-bond donors (Lipinski definition) is 1. The first-order valence-electron chi connectivity index (χ1n) is 5.26. The van der Waals surface area contributed by atoms with Crippen molar-refractivity contribution in [2.24, 2.45) is 0 Å². The second-order valence-electron chi connectivity index (χ2n) is 3.78. The van der Waals surface area contributed by atoms with Crippen LogP contribution < -0.4 is 5.32 Å². The number of pyridine rings is 1. The summed E-state index contributed by atoms with van der Waals surface area (Å²) in [4.78, 5) is 16.0. The normalized spacial score (nSPS) is 10.2. The highest BCUT2D eigenvalue weighted by atomic mass is 35.5. The van der Waals surface area contributed by atoms with Gasteiger partial charge < -0.3 is 5.32 Å². The Morgan fingerprint density at radius 2 is 2.00 bits per heavy atom. The quantitative estimate of drug-likeness (QED) is 0.847. The maximum absolute atomic E-state index is 12.0. The molecule has 18 heavy (non-hydrogen) atoms. The molecule has 0 radical (unpaired) electrons. The highest BCUT2D eigenvalue weighted by Gasteiger charge is 2.11.